The number of urea groups is 1. The predicted octanol–water partition coefficient (Wildman–Crippen LogP) is 4.61. The highest BCUT2D eigenvalue weighted by atomic mass is 79.9. The molecule has 0 unspecified atom stereocenters. The molecule has 0 fully saturated rings. The van der Waals surface area contributed by atoms with Gasteiger partial charge in [-0.05, 0) is 54.1 Å². The molecule has 1 N–H and O–H groups in total. The molecule has 1 heterocycles. The van der Waals surface area contributed by atoms with E-state index in [1.807, 2.05) is 12.1 Å². The molecule has 0 aliphatic heterocycles. The molecule has 0 saturated heterocycles. The Morgan fingerprint density at radius 3 is 2.52 bits per heavy atom. The lowest BCUT2D eigenvalue weighted by Crippen LogP contribution is -2.34. The minimum atomic E-state index is -3.64. The largest absolute Gasteiger partial charge is 0.467 e. The summed E-state index contributed by atoms with van der Waals surface area (Å²) in [4.78, 5) is 14.4. The van der Waals surface area contributed by atoms with Crippen LogP contribution in [0.2, 0.25) is 0 Å². The molecular formula is C20H19BrN2O5S. The van der Waals surface area contributed by atoms with Gasteiger partial charge in [0.2, 0.25) is 0 Å². The Hall–Kier alpha value is -2.78. The van der Waals surface area contributed by atoms with Crippen LogP contribution in [0.1, 0.15) is 11.3 Å². The second-order valence-electron chi connectivity index (χ2n) is 6.31. The second-order valence-corrected chi connectivity index (χ2v) is 8.80. The van der Waals surface area contributed by atoms with Crippen LogP contribution in [0.15, 0.2) is 75.8 Å². The number of hydrogen-bond acceptors (Lipinski definition) is 5. The molecule has 3 rings (SSSR count). The quantitative estimate of drug-likeness (QED) is 0.500. The van der Waals surface area contributed by atoms with E-state index in [0.29, 0.717) is 17.0 Å². The molecule has 0 aliphatic rings. The SMILES string of the molecule is CS(=O)(=O)Oc1cccc(CN(Cc2ccco2)C(=O)Nc2ccc(Br)cc2)c1. The van der Waals surface area contributed by atoms with Crippen LogP contribution in [-0.4, -0.2) is 25.6 Å². The van der Waals surface area contributed by atoms with E-state index >= 15 is 0 Å². The Morgan fingerprint density at radius 2 is 1.86 bits per heavy atom. The highest BCUT2D eigenvalue weighted by Gasteiger charge is 2.17. The topological polar surface area (TPSA) is 88.9 Å². The first-order valence-electron chi connectivity index (χ1n) is 8.61. The fraction of sp³-hybridized carbons (Fsp3) is 0.150. The van der Waals surface area contributed by atoms with Gasteiger partial charge in [0.15, 0.2) is 0 Å². The molecule has 0 spiro atoms. The van der Waals surface area contributed by atoms with Gasteiger partial charge in [-0.3, -0.25) is 0 Å². The van der Waals surface area contributed by atoms with E-state index in [-0.39, 0.29) is 24.9 Å². The van der Waals surface area contributed by atoms with E-state index in [0.717, 1.165) is 10.7 Å². The Morgan fingerprint density at radius 1 is 1.10 bits per heavy atom. The van der Waals surface area contributed by atoms with Crippen LogP contribution >= 0.6 is 15.9 Å². The molecule has 0 saturated carbocycles. The molecule has 7 nitrogen and oxygen atoms in total. The van der Waals surface area contributed by atoms with Gasteiger partial charge in [-0.1, -0.05) is 28.1 Å². The Bertz CT molecular complexity index is 1070. The molecule has 1 aromatic heterocycles. The van der Waals surface area contributed by atoms with Gasteiger partial charge < -0.3 is 18.8 Å². The molecule has 0 radical (unpaired) electrons. The maximum atomic E-state index is 12.9. The van der Waals surface area contributed by atoms with Crippen molar-refractivity contribution < 1.29 is 21.8 Å². The fourth-order valence-corrected chi connectivity index (χ4v) is 3.33. The van der Waals surface area contributed by atoms with Gasteiger partial charge in [-0.15, -0.1) is 0 Å². The van der Waals surface area contributed by atoms with Crippen molar-refractivity contribution in [1.82, 2.24) is 4.90 Å². The zero-order valence-electron chi connectivity index (χ0n) is 15.5. The van der Waals surface area contributed by atoms with E-state index in [9.17, 15) is 13.2 Å². The average Bonchev–Trinajstić information content (AvgIpc) is 3.15. The van der Waals surface area contributed by atoms with Crippen LogP contribution in [0.3, 0.4) is 0 Å². The van der Waals surface area contributed by atoms with Crippen molar-refractivity contribution >= 4 is 37.8 Å². The van der Waals surface area contributed by atoms with E-state index in [1.54, 1.807) is 59.7 Å². The van der Waals surface area contributed by atoms with Crippen LogP contribution < -0.4 is 9.50 Å². The van der Waals surface area contributed by atoms with Gasteiger partial charge in [-0.25, -0.2) is 4.79 Å². The molecular weight excluding hydrogens is 460 g/mol. The Balaban J connectivity index is 1.79. The van der Waals surface area contributed by atoms with Crippen LogP contribution in [-0.2, 0) is 23.2 Å². The number of amides is 2. The van der Waals surface area contributed by atoms with Gasteiger partial charge in [0.1, 0.15) is 11.5 Å². The van der Waals surface area contributed by atoms with Crippen molar-refractivity contribution in [2.45, 2.75) is 13.1 Å². The van der Waals surface area contributed by atoms with Crippen molar-refractivity contribution in [3.63, 3.8) is 0 Å². The summed E-state index contributed by atoms with van der Waals surface area (Å²) in [5, 5.41) is 2.85. The average molecular weight is 479 g/mol. The van der Waals surface area contributed by atoms with Crippen molar-refractivity contribution in [1.29, 1.82) is 0 Å². The molecule has 0 aliphatic carbocycles. The van der Waals surface area contributed by atoms with Gasteiger partial charge in [-0.2, -0.15) is 8.42 Å². The van der Waals surface area contributed by atoms with Crippen molar-refractivity contribution in [3.8, 4) is 5.75 Å². The summed E-state index contributed by atoms with van der Waals surface area (Å²) in [6.07, 6.45) is 2.52. The van der Waals surface area contributed by atoms with E-state index < -0.39 is 10.1 Å². The maximum Gasteiger partial charge on any atom is 0.322 e. The van der Waals surface area contributed by atoms with Gasteiger partial charge in [0, 0.05) is 16.7 Å². The predicted molar refractivity (Wildman–Crippen MR) is 113 cm³/mol. The van der Waals surface area contributed by atoms with Gasteiger partial charge in [0.25, 0.3) is 0 Å². The molecule has 0 atom stereocenters. The number of benzene rings is 2. The summed E-state index contributed by atoms with van der Waals surface area (Å²) in [5.74, 6) is 0.816. The standard InChI is InChI=1S/C20H19BrN2O5S/c1-29(25,26)28-18-5-2-4-15(12-18)13-23(14-19-6-3-11-27-19)20(24)22-17-9-7-16(21)8-10-17/h2-12H,13-14H2,1H3,(H,22,24). The highest BCUT2D eigenvalue weighted by molar-refractivity contribution is 9.10. The fourth-order valence-electron chi connectivity index (χ4n) is 2.62. The van der Waals surface area contributed by atoms with Crippen LogP contribution in [0.4, 0.5) is 10.5 Å². The lowest BCUT2D eigenvalue weighted by molar-refractivity contribution is 0.201. The summed E-state index contributed by atoms with van der Waals surface area (Å²) in [5.41, 5.74) is 1.36. The lowest BCUT2D eigenvalue weighted by atomic mass is 10.2. The minimum Gasteiger partial charge on any atom is -0.467 e. The van der Waals surface area contributed by atoms with Gasteiger partial charge in [0.05, 0.1) is 19.1 Å². The number of hydrogen-bond donors (Lipinski definition) is 1. The summed E-state index contributed by atoms with van der Waals surface area (Å²) in [6, 6.07) is 17.0. The lowest BCUT2D eigenvalue weighted by Gasteiger charge is -2.22. The number of furan rings is 1. The number of carbonyl (C=O) groups excluding carboxylic acids is 1. The van der Waals surface area contributed by atoms with Gasteiger partial charge >= 0.3 is 16.1 Å². The van der Waals surface area contributed by atoms with Crippen molar-refractivity contribution in [2.24, 2.45) is 0 Å². The van der Waals surface area contributed by atoms with Crippen molar-refractivity contribution in [3.05, 3.63) is 82.7 Å². The maximum absolute atomic E-state index is 12.9. The first kappa shape index (κ1) is 20.9. The summed E-state index contributed by atoms with van der Waals surface area (Å²) >= 11 is 3.36. The molecule has 3 aromatic rings. The van der Waals surface area contributed by atoms with Crippen LogP contribution in [0, 0.1) is 0 Å². The Kier molecular flexibility index (Phi) is 6.60. The number of rotatable bonds is 7. The molecule has 2 amide bonds. The van der Waals surface area contributed by atoms with Crippen LogP contribution in [0.5, 0.6) is 5.75 Å². The third-order valence-electron chi connectivity index (χ3n) is 3.83. The third-order valence-corrected chi connectivity index (χ3v) is 4.85. The molecule has 9 heteroatoms. The second kappa shape index (κ2) is 9.15. The molecule has 0 bridgehead atoms. The molecule has 2 aromatic carbocycles. The first-order chi connectivity index (χ1) is 13.8. The zero-order chi connectivity index (χ0) is 20.9. The minimum absolute atomic E-state index is 0.191. The van der Waals surface area contributed by atoms with E-state index in [1.165, 1.54) is 0 Å². The number of nitrogens with one attached hydrogen (secondary N) is 1. The highest BCUT2D eigenvalue weighted by Crippen LogP contribution is 2.19. The third kappa shape index (κ3) is 6.65. The smallest absolute Gasteiger partial charge is 0.322 e. The number of nitrogens with zero attached hydrogens (tertiary/aromatic N) is 1. The molecule has 29 heavy (non-hydrogen) atoms. The summed E-state index contributed by atoms with van der Waals surface area (Å²) < 4.78 is 33.9. The monoisotopic (exact) mass is 478 g/mol. The number of halogens is 1. The summed E-state index contributed by atoms with van der Waals surface area (Å²) in [6.45, 7) is 0.469. The van der Waals surface area contributed by atoms with Crippen molar-refractivity contribution in [2.75, 3.05) is 11.6 Å². The molecule has 152 valence electrons. The van der Waals surface area contributed by atoms with Crippen LogP contribution in [0.25, 0.3) is 0 Å². The van der Waals surface area contributed by atoms with E-state index in [2.05, 4.69) is 21.2 Å². The zero-order valence-corrected chi connectivity index (χ0v) is 17.9. The first-order valence-corrected chi connectivity index (χ1v) is 11.2. The number of anilines is 1. The van der Waals surface area contributed by atoms with E-state index in [4.69, 9.17) is 8.60 Å². The Labute approximate surface area is 177 Å². The summed E-state index contributed by atoms with van der Waals surface area (Å²) in [7, 11) is -3.64. The normalized spacial score (nSPS) is 11.1. The number of carbonyl (C=O) groups is 1.